The summed E-state index contributed by atoms with van der Waals surface area (Å²) in [4.78, 5) is 10.4. The van der Waals surface area contributed by atoms with E-state index in [4.69, 9.17) is 10.8 Å². The molecule has 1 unspecified atom stereocenters. The molecule has 0 aliphatic rings. The van der Waals surface area contributed by atoms with Gasteiger partial charge in [0.1, 0.15) is 6.04 Å². The van der Waals surface area contributed by atoms with Crippen LogP contribution in [0.3, 0.4) is 0 Å². The summed E-state index contributed by atoms with van der Waals surface area (Å²) in [7, 11) is 0. The van der Waals surface area contributed by atoms with Gasteiger partial charge in [-0.15, -0.1) is 0 Å². The third-order valence-electron chi connectivity index (χ3n) is 1.95. The summed E-state index contributed by atoms with van der Waals surface area (Å²) in [5.74, 6) is -0.790. The minimum absolute atomic E-state index is 0.436. The molecule has 1 atom stereocenters. The number of rotatable bonds is 8. The molecular formula is C9H20N2O2. The normalized spacial score (nSPS) is 12.8. The molecule has 4 N–H and O–H groups in total. The van der Waals surface area contributed by atoms with Gasteiger partial charge < -0.3 is 16.2 Å². The Hall–Kier alpha value is -0.610. The van der Waals surface area contributed by atoms with Gasteiger partial charge in [-0.3, -0.25) is 4.79 Å². The highest BCUT2D eigenvalue weighted by Crippen LogP contribution is 1.97. The molecule has 0 fully saturated rings. The van der Waals surface area contributed by atoms with E-state index in [1.807, 2.05) is 0 Å². The Kier molecular flexibility index (Phi) is 7.63. The second-order valence-corrected chi connectivity index (χ2v) is 3.22. The fraction of sp³-hybridized carbons (Fsp3) is 0.889. The lowest BCUT2D eigenvalue weighted by molar-refractivity contribution is -0.138. The first-order chi connectivity index (χ1) is 6.18. The molecule has 0 aromatic rings. The molecular weight excluding hydrogens is 168 g/mol. The van der Waals surface area contributed by atoms with Gasteiger partial charge in [-0.25, -0.2) is 0 Å². The molecule has 13 heavy (non-hydrogen) atoms. The minimum Gasteiger partial charge on any atom is -0.480 e. The van der Waals surface area contributed by atoms with Gasteiger partial charge in [0.2, 0.25) is 0 Å². The van der Waals surface area contributed by atoms with Crippen molar-refractivity contribution in [2.75, 3.05) is 13.1 Å². The molecule has 0 aromatic heterocycles. The van der Waals surface area contributed by atoms with E-state index in [-0.39, 0.29) is 0 Å². The number of aliphatic carboxylic acids is 1. The molecule has 0 saturated carbocycles. The smallest absolute Gasteiger partial charge is 0.320 e. The van der Waals surface area contributed by atoms with Gasteiger partial charge in [0.15, 0.2) is 0 Å². The van der Waals surface area contributed by atoms with Crippen molar-refractivity contribution in [2.45, 2.75) is 38.6 Å². The van der Waals surface area contributed by atoms with Crippen molar-refractivity contribution in [1.82, 2.24) is 5.32 Å². The van der Waals surface area contributed by atoms with E-state index in [2.05, 4.69) is 5.32 Å². The van der Waals surface area contributed by atoms with Gasteiger partial charge in [0.05, 0.1) is 0 Å². The summed E-state index contributed by atoms with van der Waals surface area (Å²) < 4.78 is 0. The van der Waals surface area contributed by atoms with Crippen molar-refractivity contribution in [3.8, 4) is 0 Å². The molecule has 0 heterocycles. The van der Waals surface area contributed by atoms with E-state index in [9.17, 15) is 4.79 Å². The summed E-state index contributed by atoms with van der Waals surface area (Å²) in [6, 6.07) is -0.436. The summed E-state index contributed by atoms with van der Waals surface area (Å²) in [5.41, 5.74) is 5.34. The van der Waals surface area contributed by atoms with Crippen LogP contribution in [0.4, 0.5) is 0 Å². The molecule has 4 heteroatoms. The number of nitrogens with one attached hydrogen (secondary N) is 1. The number of hydrogen-bond donors (Lipinski definition) is 3. The lowest BCUT2D eigenvalue weighted by Crippen LogP contribution is -2.34. The molecule has 4 nitrogen and oxygen atoms in total. The van der Waals surface area contributed by atoms with Crippen molar-refractivity contribution in [3.63, 3.8) is 0 Å². The lowest BCUT2D eigenvalue weighted by atomic mass is 10.2. The first-order valence-electron chi connectivity index (χ1n) is 4.84. The van der Waals surface area contributed by atoms with Crippen LogP contribution in [-0.2, 0) is 4.79 Å². The number of hydrogen-bond acceptors (Lipinski definition) is 3. The molecule has 0 rings (SSSR count). The molecule has 0 aliphatic carbocycles. The Morgan fingerprint density at radius 2 is 2.00 bits per heavy atom. The second kappa shape index (κ2) is 8.01. The van der Waals surface area contributed by atoms with Crippen molar-refractivity contribution in [1.29, 1.82) is 0 Å². The monoisotopic (exact) mass is 188 g/mol. The van der Waals surface area contributed by atoms with Gasteiger partial charge in [-0.2, -0.15) is 0 Å². The number of carbonyl (C=O) groups is 1. The Balaban J connectivity index is 3.11. The van der Waals surface area contributed by atoms with Gasteiger partial charge in [0.25, 0.3) is 0 Å². The van der Waals surface area contributed by atoms with Crippen molar-refractivity contribution in [3.05, 3.63) is 0 Å². The zero-order chi connectivity index (χ0) is 10.1. The van der Waals surface area contributed by atoms with Crippen LogP contribution in [0.5, 0.6) is 0 Å². The number of carboxylic acid groups (broad SMARTS) is 1. The van der Waals surface area contributed by atoms with Crippen molar-refractivity contribution in [2.24, 2.45) is 5.73 Å². The van der Waals surface area contributed by atoms with Crippen LogP contribution >= 0.6 is 0 Å². The van der Waals surface area contributed by atoms with Crippen LogP contribution in [0.25, 0.3) is 0 Å². The van der Waals surface area contributed by atoms with Crippen LogP contribution in [-0.4, -0.2) is 30.2 Å². The maximum Gasteiger partial charge on any atom is 0.320 e. The van der Waals surface area contributed by atoms with E-state index in [0.29, 0.717) is 0 Å². The summed E-state index contributed by atoms with van der Waals surface area (Å²) >= 11 is 0. The van der Waals surface area contributed by atoms with E-state index in [0.717, 1.165) is 38.8 Å². The maximum atomic E-state index is 10.4. The quantitative estimate of drug-likeness (QED) is 0.487. The molecule has 0 aromatic carbocycles. The minimum atomic E-state index is -0.790. The zero-order valence-electron chi connectivity index (χ0n) is 8.25. The first kappa shape index (κ1) is 12.4. The summed E-state index contributed by atoms with van der Waals surface area (Å²) in [5, 5.41) is 11.5. The van der Waals surface area contributed by atoms with Crippen LogP contribution in [0.2, 0.25) is 0 Å². The molecule has 78 valence electrons. The van der Waals surface area contributed by atoms with Crippen molar-refractivity contribution < 1.29 is 9.90 Å². The maximum absolute atomic E-state index is 10.4. The van der Waals surface area contributed by atoms with Gasteiger partial charge in [0, 0.05) is 0 Å². The van der Waals surface area contributed by atoms with Gasteiger partial charge in [-0.05, 0) is 32.9 Å². The van der Waals surface area contributed by atoms with Gasteiger partial charge >= 0.3 is 5.97 Å². The fourth-order valence-electron chi connectivity index (χ4n) is 1.03. The zero-order valence-corrected chi connectivity index (χ0v) is 8.25. The highest BCUT2D eigenvalue weighted by atomic mass is 16.4. The Morgan fingerprint density at radius 1 is 1.38 bits per heavy atom. The molecule has 0 radical (unpaired) electrons. The van der Waals surface area contributed by atoms with Crippen LogP contribution in [0.1, 0.15) is 32.6 Å². The van der Waals surface area contributed by atoms with Crippen LogP contribution < -0.4 is 11.1 Å². The van der Waals surface area contributed by atoms with Crippen LogP contribution in [0, 0.1) is 0 Å². The Bertz CT molecular complexity index is 140. The highest BCUT2D eigenvalue weighted by molar-refractivity contribution is 5.72. The predicted octanol–water partition coefficient (Wildman–Crippen LogP) is 0.568. The largest absolute Gasteiger partial charge is 0.480 e. The van der Waals surface area contributed by atoms with E-state index < -0.39 is 12.0 Å². The topological polar surface area (TPSA) is 75.3 Å². The Labute approximate surface area is 79.5 Å². The third-order valence-corrected chi connectivity index (χ3v) is 1.95. The predicted molar refractivity (Wildman–Crippen MR) is 52.6 cm³/mol. The number of nitrogens with two attached hydrogens (primary N) is 1. The highest BCUT2D eigenvalue weighted by Gasteiger charge is 2.07. The second-order valence-electron chi connectivity index (χ2n) is 3.22. The number of unbranched alkanes of at least 4 members (excludes halogenated alkanes) is 3. The van der Waals surface area contributed by atoms with E-state index >= 15 is 0 Å². The fourth-order valence-corrected chi connectivity index (χ4v) is 1.03. The Morgan fingerprint density at radius 3 is 2.54 bits per heavy atom. The molecule has 0 saturated heterocycles. The lowest BCUT2D eigenvalue weighted by Gasteiger charge is -2.08. The van der Waals surface area contributed by atoms with E-state index in [1.165, 1.54) is 0 Å². The first-order valence-corrected chi connectivity index (χ1v) is 4.84. The summed E-state index contributed by atoms with van der Waals surface area (Å²) in [6.45, 7) is 3.18. The SMILES string of the molecule is CC(NCCCCCCN)C(=O)O. The molecule has 0 amide bonds. The van der Waals surface area contributed by atoms with Gasteiger partial charge in [-0.1, -0.05) is 12.8 Å². The van der Waals surface area contributed by atoms with Crippen molar-refractivity contribution >= 4 is 5.97 Å². The average Bonchev–Trinajstić information content (AvgIpc) is 2.10. The third kappa shape index (κ3) is 7.74. The standard InChI is InChI=1S/C9H20N2O2/c1-8(9(12)13)11-7-5-3-2-4-6-10/h8,11H,2-7,10H2,1H3,(H,12,13). The average molecular weight is 188 g/mol. The molecule has 0 bridgehead atoms. The van der Waals surface area contributed by atoms with Crippen LogP contribution in [0.15, 0.2) is 0 Å². The number of carboxylic acids is 1. The van der Waals surface area contributed by atoms with E-state index in [1.54, 1.807) is 6.92 Å². The molecule has 0 spiro atoms. The summed E-state index contributed by atoms with van der Waals surface area (Å²) in [6.07, 6.45) is 4.35. The molecule has 0 aliphatic heterocycles.